The zero-order valence-corrected chi connectivity index (χ0v) is 20.1. The number of hydrogen-bond acceptors (Lipinski definition) is 6. The highest BCUT2D eigenvalue weighted by Crippen LogP contribution is 2.62. The van der Waals surface area contributed by atoms with Gasteiger partial charge >= 0.3 is 7.60 Å². The van der Waals surface area contributed by atoms with Crippen molar-refractivity contribution < 1.29 is 13.6 Å². The molecule has 0 aliphatic carbocycles. The molecule has 0 saturated heterocycles. The minimum Gasteiger partial charge on any atom is -0.372 e. The minimum absolute atomic E-state index is 0.251. The number of benzene rings is 1. The van der Waals surface area contributed by atoms with Crippen molar-refractivity contribution in [2.24, 2.45) is 0 Å². The van der Waals surface area contributed by atoms with E-state index in [4.69, 9.17) is 9.05 Å². The van der Waals surface area contributed by atoms with E-state index in [1.165, 1.54) is 0 Å². The lowest BCUT2D eigenvalue weighted by Crippen LogP contribution is -2.22. The molecular weight excluding hydrogens is 397 g/mol. The van der Waals surface area contributed by atoms with Crippen LogP contribution in [0, 0.1) is 6.92 Å². The first kappa shape index (κ1) is 24.4. The van der Waals surface area contributed by atoms with E-state index in [-0.39, 0.29) is 12.2 Å². The average molecular weight is 434 g/mol. The summed E-state index contributed by atoms with van der Waals surface area (Å²) in [6, 6.07) is 13.8. The number of hydrogen-bond donors (Lipinski definition) is 1. The number of aryl methyl sites for hydroxylation is 1. The predicted molar refractivity (Wildman–Crippen MR) is 125 cm³/mol. The van der Waals surface area contributed by atoms with Crippen LogP contribution in [0.2, 0.25) is 0 Å². The molecule has 166 valence electrons. The van der Waals surface area contributed by atoms with E-state index in [2.05, 4.69) is 41.2 Å². The highest BCUT2D eigenvalue weighted by molar-refractivity contribution is 7.54. The smallest absolute Gasteiger partial charge is 0.357 e. The Labute approximate surface area is 181 Å². The lowest BCUT2D eigenvalue weighted by atomic mass is 10.2. The summed E-state index contributed by atoms with van der Waals surface area (Å²) in [7, 11) is -3.56. The van der Waals surface area contributed by atoms with Gasteiger partial charge in [0, 0.05) is 24.5 Å². The number of pyridine rings is 1. The first-order valence-electron chi connectivity index (χ1n) is 10.7. The van der Waals surface area contributed by atoms with E-state index in [1.54, 1.807) is 0 Å². The van der Waals surface area contributed by atoms with Crippen molar-refractivity contribution in [2.75, 3.05) is 23.3 Å². The van der Waals surface area contributed by atoms with Crippen molar-refractivity contribution in [3.63, 3.8) is 0 Å². The van der Waals surface area contributed by atoms with Crippen molar-refractivity contribution in [3.8, 4) is 0 Å². The molecule has 7 heteroatoms. The second-order valence-electron chi connectivity index (χ2n) is 7.82. The zero-order chi connectivity index (χ0) is 22.3. The Kier molecular flexibility index (Phi) is 8.90. The number of rotatable bonds is 11. The minimum atomic E-state index is -3.56. The molecule has 6 nitrogen and oxygen atoms in total. The molecule has 0 saturated carbocycles. The predicted octanol–water partition coefficient (Wildman–Crippen LogP) is 6.39. The fraction of sp³-hybridized carbons (Fsp3) is 0.522. The van der Waals surface area contributed by atoms with Gasteiger partial charge in [-0.3, -0.25) is 4.57 Å². The molecule has 0 aliphatic rings. The highest BCUT2D eigenvalue weighted by atomic mass is 31.2. The van der Waals surface area contributed by atoms with Crippen LogP contribution < -0.4 is 10.2 Å². The van der Waals surface area contributed by atoms with Gasteiger partial charge in [-0.25, -0.2) is 4.98 Å². The summed E-state index contributed by atoms with van der Waals surface area (Å²) in [6.07, 6.45) is -0.501. The number of nitrogens with one attached hydrogen (secondary N) is 1. The Morgan fingerprint density at radius 2 is 1.53 bits per heavy atom. The highest BCUT2D eigenvalue weighted by Gasteiger charge is 2.39. The number of anilines is 2. The van der Waals surface area contributed by atoms with Crippen molar-refractivity contribution >= 4 is 19.1 Å². The molecule has 1 heterocycles. The van der Waals surface area contributed by atoms with Gasteiger partial charge in [-0.2, -0.15) is 0 Å². The van der Waals surface area contributed by atoms with Gasteiger partial charge in [-0.05, 0) is 78.3 Å². The first-order chi connectivity index (χ1) is 14.2. The van der Waals surface area contributed by atoms with E-state index in [0.29, 0.717) is 5.82 Å². The van der Waals surface area contributed by atoms with Crippen LogP contribution in [0.5, 0.6) is 0 Å². The number of aromatic nitrogens is 1. The van der Waals surface area contributed by atoms with Crippen LogP contribution in [0.3, 0.4) is 0 Å². The lowest BCUT2D eigenvalue weighted by Gasteiger charge is -2.31. The molecule has 1 N–H and O–H groups in total. The lowest BCUT2D eigenvalue weighted by molar-refractivity contribution is 0.138. The van der Waals surface area contributed by atoms with Gasteiger partial charge < -0.3 is 19.3 Å². The monoisotopic (exact) mass is 433 g/mol. The fourth-order valence-electron chi connectivity index (χ4n) is 3.30. The van der Waals surface area contributed by atoms with Gasteiger partial charge in [0.2, 0.25) is 0 Å². The van der Waals surface area contributed by atoms with Crippen LogP contribution in [-0.2, 0) is 13.6 Å². The first-order valence-corrected chi connectivity index (χ1v) is 12.3. The summed E-state index contributed by atoms with van der Waals surface area (Å²) in [5.74, 6) is -0.0462. The molecule has 0 radical (unpaired) electrons. The summed E-state index contributed by atoms with van der Waals surface area (Å²) in [6.45, 7) is 15.5. The van der Waals surface area contributed by atoms with Crippen LogP contribution in [-0.4, -0.2) is 30.3 Å². The van der Waals surface area contributed by atoms with E-state index in [0.717, 1.165) is 30.0 Å². The Bertz CT molecular complexity index is 822. The molecule has 1 unspecified atom stereocenters. The maximum atomic E-state index is 14.0. The summed E-state index contributed by atoms with van der Waals surface area (Å²) in [5.41, 5.74) is 2.83. The molecule has 30 heavy (non-hydrogen) atoms. The van der Waals surface area contributed by atoms with E-state index < -0.39 is 13.4 Å². The van der Waals surface area contributed by atoms with Crippen molar-refractivity contribution in [1.29, 1.82) is 0 Å². The SMILES string of the molecule is CCN(CC)c1ccc(C(Nc2cccc(C)n2)P(=O)(OC(C)C)OC(C)C)cc1. The molecule has 0 bridgehead atoms. The average Bonchev–Trinajstić information content (AvgIpc) is 2.66. The maximum Gasteiger partial charge on any atom is 0.357 e. The van der Waals surface area contributed by atoms with Crippen LogP contribution in [0.25, 0.3) is 0 Å². The van der Waals surface area contributed by atoms with Crippen LogP contribution >= 0.6 is 7.60 Å². The molecular formula is C23H36N3O3P. The van der Waals surface area contributed by atoms with E-state index in [1.807, 2.05) is 65.0 Å². The molecule has 2 rings (SSSR count). The second kappa shape index (κ2) is 10.9. The summed E-state index contributed by atoms with van der Waals surface area (Å²) < 4.78 is 25.9. The van der Waals surface area contributed by atoms with Gasteiger partial charge in [0.25, 0.3) is 0 Å². The molecule has 0 amide bonds. The van der Waals surface area contributed by atoms with Gasteiger partial charge in [-0.15, -0.1) is 0 Å². The Morgan fingerprint density at radius 3 is 2.00 bits per heavy atom. The van der Waals surface area contributed by atoms with E-state index >= 15 is 0 Å². The third-order valence-corrected chi connectivity index (χ3v) is 7.03. The molecule has 1 aromatic heterocycles. The normalized spacial score (nSPS) is 13.0. The zero-order valence-electron chi connectivity index (χ0n) is 19.3. The van der Waals surface area contributed by atoms with Gasteiger partial charge in [0.1, 0.15) is 5.82 Å². The second-order valence-corrected chi connectivity index (χ2v) is 9.84. The maximum absolute atomic E-state index is 14.0. The van der Waals surface area contributed by atoms with Crippen molar-refractivity contribution in [3.05, 3.63) is 53.7 Å². The largest absolute Gasteiger partial charge is 0.372 e. The van der Waals surface area contributed by atoms with Crippen molar-refractivity contribution in [2.45, 2.75) is 66.5 Å². The summed E-state index contributed by atoms with van der Waals surface area (Å²) in [5, 5.41) is 3.33. The van der Waals surface area contributed by atoms with Crippen LogP contribution in [0.15, 0.2) is 42.5 Å². The van der Waals surface area contributed by atoms with Crippen LogP contribution in [0.4, 0.5) is 11.5 Å². The molecule has 0 fully saturated rings. The summed E-state index contributed by atoms with van der Waals surface area (Å²) >= 11 is 0. The van der Waals surface area contributed by atoms with E-state index in [9.17, 15) is 4.57 Å². The van der Waals surface area contributed by atoms with Crippen molar-refractivity contribution in [1.82, 2.24) is 4.98 Å². The standard InChI is InChI=1S/C23H36N3O3P/c1-8-26(9-2)21-15-13-20(14-16-21)23(25-22-12-10-11-19(7)24-22)30(27,28-17(3)4)29-18(5)6/h10-18,23H,8-9H2,1-7H3,(H,24,25). The Morgan fingerprint density at radius 1 is 0.967 bits per heavy atom. The van der Waals surface area contributed by atoms with Gasteiger partial charge in [-0.1, -0.05) is 18.2 Å². The van der Waals surface area contributed by atoms with Gasteiger partial charge in [0.15, 0.2) is 5.78 Å². The summed E-state index contributed by atoms with van der Waals surface area (Å²) in [4.78, 5) is 6.80. The fourth-order valence-corrected chi connectivity index (χ4v) is 5.60. The molecule has 1 aromatic carbocycles. The molecule has 2 aromatic rings. The molecule has 1 atom stereocenters. The van der Waals surface area contributed by atoms with Gasteiger partial charge in [0.05, 0.1) is 12.2 Å². The third-order valence-electron chi connectivity index (χ3n) is 4.54. The quantitative estimate of drug-likeness (QED) is 0.414. The Hall–Kier alpha value is -1.88. The Balaban J connectivity index is 2.50. The molecule has 0 spiro atoms. The molecule has 0 aliphatic heterocycles. The third kappa shape index (κ3) is 6.56. The van der Waals surface area contributed by atoms with Crippen LogP contribution in [0.1, 0.15) is 58.6 Å². The topological polar surface area (TPSA) is 63.7 Å². The number of nitrogens with zero attached hydrogens (tertiary/aromatic N) is 2.